The van der Waals surface area contributed by atoms with Crippen LogP contribution >= 0.6 is 0 Å². The van der Waals surface area contributed by atoms with Crippen LogP contribution in [0.25, 0.3) is 5.70 Å². The van der Waals surface area contributed by atoms with Crippen LogP contribution < -0.4 is 5.73 Å². The summed E-state index contributed by atoms with van der Waals surface area (Å²) in [5.41, 5.74) is 4.97. The zero-order chi connectivity index (χ0) is 18.8. The fourth-order valence-electron chi connectivity index (χ4n) is 2.69. The van der Waals surface area contributed by atoms with Crippen molar-refractivity contribution in [2.45, 2.75) is 31.9 Å². The molecule has 8 heteroatoms. The van der Waals surface area contributed by atoms with Crippen LogP contribution in [0, 0.1) is 6.92 Å². The topological polar surface area (TPSA) is 102 Å². The highest BCUT2D eigenvalue weighted by Gasteiger charge is 2.39. The van der Waals surface area contributed by atoms with Crippen LogP contribution in [-0.4, -0.2) is 58.3 Å². The number of aliphatic hydroxyl groups excluding tert-OH is 2. The summed E-state index contributed by atoms with van der Waals surface area (Å²) in [6, 6.07) is 4.10. The molecular formula is C17H23F2N3O3. The maximum atomic E-state index is 13.2. The number of benzene rings is 1. The van der Waals surface area contributed by atoms with Crippen molar-refractivity contribution in [1.29, 1.82) is 0 Å². The monoisotopic (exact) mass is 355 g/mol. The van der Waals surface area contributed by atoms with Crippen LogP contribution in [-0.2, 0) is 5.60 Å². The third-order valence-corrected chi connectivity index (χ3v) is 4.41. The maximum Gasteiger partial charge on any atom is 0.273 e. The first kappa shape index (κ1) is 19.3. The third-order valence-electron chi connectivity index (χ3n) is 4.41. The zero-order valence-electron chi connectivity index (χ0n) is 14.2. The van der Waals surface area contributed by atoms with Crippen molar-refractivity contribution in [3.8, 4) is 0 Å². The maximum absolute atomic E-state index is 13.2. The van der Waals surface area contributed by atoms with E-state index in [9.17, 15) is 24.1 Å². The highest BCUT2D eigenvalue weighted by Crippen LogP contribution is 2.33. The van der Waals surface area contributed by atoms with Gasteiger partial charge in [0, 0.05) is 11.6 Å². The smallest absolute Gasteiger partial charge is 0.273 e. The summed E-state index contributed by atoms with van der Waals surface area (Å²) in [5.74, 6) is 0.373. The van der Waals surface area contributed by atoms with Gasteiger partial charge in [-0.15, -0.1) is 0 Å². The molecule has 1 aromatic rings. The van der Waals surface area contributed by atoms with Crippen LogP contribution in [0.3, 0.4) is 0 Å². The van der Waals surface area contributed by atoms with E-state index < -0.39 is 18.6 Å². The third kappa shape index (κ3) is 3.65. The molecule has 0 saturated carbocycles. The van der Waals surface area contributed by atoms with Gasteiger partial charge in [0.05, 0.1) is 31.7 Å². The second kappa shape index (κ2) is 7.47. The number of hydrogen-bond donors (Lipinski definition) is 4. The van der Waals surface area contributed by atoms with E-state index in [0.717, 1.165) is 5.56 Å². The molecule has 0 fully saturated rings. The Kier molecular flexibility index (Phi) is 5.76. The van der Waals surface area contributed by atoms with E-state index in [1.165, 1.54) is 18.3 Å². The number of aliphatic imine (C=N–C) groups is 1. The number of rotatable bonds is 6. The molecule has 6 nitrogen and oxygen atoms in total. The number of nitrogens with two attached hydrogens (primary N) is 1. The lowest BCUT2D eigenvalue weighted by atomic mass is 9.90. The van der Waals surface area contributed by atoms with E-state index in [2.05, 4.69) is 4.99 Å². The molecule has 25 heavy (non-hydrogen) atoms. The molecule has 0 aliphatic carbocycles. The van der Waals surface area contributed by atoms with E-state index in [0.29, 0.717) is 17.1 Å². The summed E-state index contributed by atoms with van der Waals surface area (Å²) in [5, 5.41) is 28.9. The lowest BCUT2D eigenvalue weighted by Gasteiger charge is -2.35. The number of amidine groups is 1. The Morgan fingerprint density at radius 3 is 2.60 bits per heavy atom. The highest BCUT2D eigenvalue weighted by atomic mass is 19.3. The summed E-state index contributed by atoms with van der Waals surface area (Å²) < 4.78 is 26.5. The van der Waals surface area contributed by atoms with E-state index in [-0.39, 0.29) is 24.8 Å². The van der Waals surface area contributed by atoms with Crippen LogP contribution in [0.1, 0.15) is 23.6 Å². The van der Waals surface area contributed by atoms with Gasteiger partial charge in [-0.2, -0.15) is 0 Å². The Labute approximate surface area is 144 Å². The van der Waals surface area contributed by atoms with Crippen molar-refractivity contribution in [2.24, 2.45) is 10.7 Å². The average Bonchev–Trinajstić information content (AvgIpc) is 2.60. The minimum Gasteiger partial charge on any atom is -0.394 e. The summed E-state index contributed by atoms with van der Waals surface area (Å²) in [4.78, 5) is 5.91. The van der Waals surface area contributed by atoms with Crippen molar-refractivity contribution >= 4 is 11.5 Å². The molecule has 0 aromatic heterocycles. The number of nitrogens with zero attached hydrogens (tertiary/aromatic N) is 2. The van der Waals surface area contributed by atoms with Gasteiger partial charge in [0.1, 0.15) is 5.84 Å². The normalized spacial score (nSPS) is 18.6. The van der Waals surface area contributed by atoms with E-state index in [1.807, 2.05) is 4.90 Å². The Hall–Kier alpha value is -2.03. The second-order valence-electron chi connectivity index (χ2n) is 6.21. The lowest BCUT2D eigenvalue weighted by molar-refractivity contribution is -0.129. The van der Waals surface area contributed by atoms with Gasteiger partial charge in [0.25, 0.3) is 6.43 Å². The molecule has 2 rings (SSSR count). The Morgan fingerprint density at radius 1 is 1.36 bits per heavy atom. The van der Waals surface area contributed by atoms with Crippen LogP contribution in [0.5, 0.6) is 0 Å². The predicted molar refractivity (Wildman–Crippen MR) is 91.0 cm³/mol. The standard InChI is InChI=1S/C17H23F2N3O3/c1-10-3-4-12(17(25,9-24)16(18)19)5-13(10)14-6-21-15(20)7-22(14)11(2)8-23/h3-6,11,16,23-25H,7-9H2,1-2H3,(H2,20,21)/t11-,17+/m0/s1. The van der Waals surface area contributed by atoms with Gasteiger partial charge < -0.3 is 26.0 Å². The first-order valence-electron chi connectivity index (χ1n) is 7.87. The molecule has 1 heterocycles. The largest absolute Gasteiger partial charge is 0.394 e. The quantitative estimate of drug-likeness (QED) is 0.604. The SMILES string of the molecule is Cc1ccc([C@](O)(CO)C(F)F)cc1C1=CN=C(N)CN1[C@@H](C)CO. The average molecular weight is 355 g/mol. The van der Waals surface area contributed by atoms with E-state index in [4.69, 9.17) is 5.73 Å². The first-order chi connectivity index (χ1) is 11.7. The van der Waals surface area contributed by atoms with Gasteiger partial charge in [-0.25, -0.2) is 13.8 Å². The van der Waals surface area contributed by atoms with Crippen molar-refractivity contribution in [3.63, 3.8) is 0 Å². The summed E-state index contributed by atoms with van der Waals surface area (Å²) in [6.07, 6.45) is -1.63. The molecule has 0 radical (unpaired) electrons. The molecular weight excluding hydrogens is 332 g/mol. The summed E-state index contributed by atoms with van der Waals surface area (Å²) in [7, 11) is 0. The van der Waals surface area contributed by atoms with Gasteiger partial charge in [-0.3, -0.25) is 0 Å². The predicted octanol–water partition coefficient (Wildman–Crippen LogP) is 0.792. The van der Waals surface area contributed by atoms with Crippen molar-refractivity contribution in [1.82, 2.24) is 4.90 Å². The number of aryl methyl sites for hydroxylation is 1. The van der Waals surface area contributed by atoms with Crippen LogP contribution in [0.4, 0.5) is 8.78 Å². The second-order valence-corrected chi connectivity index (χ2v) is 6.21. The minimum atomic E-state index is -3.14. The summed E-state index contributed by atoms with van der Waals surface area (Å²) in [6.45, 7) is 2.66. The highest BCUT2D eigenvalue weighted by molar-refractivity contribution is 5.87. The molecule has 0 spiro atoms. The van der Waals surface area contributed by atoms with Gasteiger partial charge in [0.15, 0.2) is 5.60 Å². The zero-order valence-corrected chi connectivity index (χ0v) is 14.2. The fourth-order valence-corrected chi connectivity index (χ4v) is 2.69. The molecule has 1 aliphatic rings. The van der Waals surface area contributed by atoms with E-state index in [1.54, 1.807) is 19.9 Å². The van der Waals surface area contributed by atoms with Gasteiger partial charge in [-0.1, -0.05) is 12.1 Å². The van der Waals surface area contributed by atoms with Crippen molar-refractivity contribution in [3.05, 3.63) is 41.1 Å². The molecule has 5 N–H and O–H groups in total. The number of hydrogen-bond acceptors (Lipinski definition) is 6. The van der Waals surface area contributed by atoms with Crippen molar-refractivity contribution in [2.75, 3.05) is 19.8 Å². The number of alkyl halides is 2. The minimum absolute atomic E-state index is 0.0920. The number of halogens is 2. The Bertz CT molecular complexity index is 694. The molecule has 0 bridgehead atoms. The first-order valence-corrected chi connectivity index (χ1v) is 7.87. The van der Waals surface area contributed by atoms with Gasteiger partial charge in [-0.05, 0) is 31.0 Å². The Balaban J connectivity index is 2.56. The molecule has 0 saturated heterocycles. The number of aliphatic hydroxyl groups is 3. The molecule has 1 aromatic carbocycles. The van der Waals surface area contributed by atoms with Crippen LogP contribution in [0.15, 0.2) is 29.4 Å². The molecule has 2 atom stereocenters. The Morgan fingerprint density at radius 2 is 2.04 bits per heavy atom. The molecule has 1 aliphatic heterocycles. The van der Waals surface area contributed by atoms with E-state index >= 15 is 0 Å². The fraction of sp³-hybridized carbons (Fsp3) is 0.471. The van der Waals surface area contributed by atoms with Gasteiger partial charge in [0.2, 0.25) is 0 Å². The van der Waals surface area contributed by atoms with Gasteiger partial charge >= 0.3 is 0 Å². The molecule has 138 valence electrons. The van der Waals surface area contributed by atoms with Crippen molar-refractivity contribution < 1.29 is 24.1 Å². The lowest BCUT2D eigenvalue weighted by Crippen LogP contribution is -2.42. The molecule has 0 unspecified atom stereocenters. The summed E-state index contributed by atoms with van der Waals surface area (Å²) >= 11 is 0. The molecule has 0 amide bonds. The van der Waals surface area contributed by atoms with Crippen LogP contribution in [0.2, 0.25) is 0 Å².